The van der Waals surface area contributed by atoms with Crippen molar-refractivity contribution >= 4 is 27.6 Å². The summed E-state index contributed by atoms with van der Waals surface area (Å²) >= 11 is 3.37. The molecule has 0 saturated heterocycles. The third-order valence-electron chi connectivity index (χ3n) is 1.91. The number of benzene rings is 1. The Morgan fingerprint density at radius 2 is 2.13 bits per heavy atom. The smallest absolute Gasteiger partial charge is 0.321 e. The van der Waals surface area contributed by atoms with Crippen LogP contribution in [0.25, 0.3) is 0 Å². The topological polar surface area (TPSA) is 32.3 Å². The number of halogens is 1. The van der Waals surface area contributed by atoms with Crippen molar-refractivity contribution in [1.82, 2.24) is 5.32 Å². The number of urea groups is 1. The van der Waals surface area contributed by atoms with E-state index < -0.39 is 0 Å². The van der Waals surface area contributed by atoms with Gasteiger partial charge >= 0.3 is 6.03 Å². The summed E-state index contributed by atoms with van der Waals surface area (Å²) in [5, 5.41) is 2.83. The van der Waals surface area contributed by atoms with E-state index in [2.05, 4.69) is 21.2 Å². The summed E-state index contributed by atoms with van der Waals surface area (Å²) in [6.45, 7) is 3.87. The number of carbonyl (C=O) groups excluding carboxylic acids is 1. The van der Waals surface area contributed by atoms with Gasteiger partial charge in [-0.05, 0) is 32.0 Å². The van der Waals surface area contributed by atoms with Crippen LogP contribution in [0, 0.1) is 0 Å². The van der Waals surface area contributed by atoms with Crippen molar-refractivity contribution in [3.63, 3.8) is 0 Å². The maximum atomic E-state index is 11.7. The van der Waals surface area contributed by atoms with Crippen LogP contribution in [0.4, 0.5) is 10.5 Å². The van der Waals surface area contributed by atoms with Crippen LogP contribution in [0.5, 0.6) is 0 Å². The number of carbonyl (C=O) groups is 1. The summed E-state index contributed by atoms with van der Waals surface area (Å²) in [4.78, 5) is 13.3. The third kappa shape index (κ3) is 3.55. The monoisotopic (exact) mass is 270 g/mol. The second-order valence-electron chi connectivity index (χ2n) is 3.64. The maximum absolute atomic E-state index is 11.7. The van der Waals surface area contributed by atoms with Crippen LogP contribution in [-0.4, -0.2) is 19.1 Å². The number of amides is 2. The molecule has 0 atom stereocenters. The second-order valence-corrected chi connectivity index (χ2v) is 4.56. The molecule has 0 heterocycles. The Morgan fingerprint density at radius 1 is 1.47 bits per heavy atom. The molecule has 0 radical (unpaired) electrons. The van der Waals surface area contributed by atoms with Crippen LogP contribution in [0.15, 0.2) is 28.7 Å². The van der Waals surface area contributed by atoms with Crippen LogP contribution in [0.2, 0.25) is 0 Å². The minimum Gasteiger partial charge on any atom is -0.336 e. The molecular formula is C11H15BrN2O. The average molecular weight is 271 g/mol. The van der Waals surface area contributed by atoms with E-state index in [1.807, 2.05) is 38.1 Å². The highest BCUT2D eigenvalue weighted by atomic mass is 79.9. The zero-order chi connectivity index (χ0) is 11.4. The first-order valence-electron chi connectivity index (χ1n) is 4.80. The minimum absolute atomic E-state index is 0.0944. The van der Waals surface area contributed by atoms with Crippen molar-refractivity contribution in [1.29, 1.82) is 0 Å². The van der Waals surface area contributed by atoms with Crippen LogP contribution in [-0.2, 0) is 0 Å². The van der Waals surface area contributed by atoms with Gasteiger partial charge in [0.2, 0.25) is 0 Å². The molecule has 0 aromatic heterocycles. The number of rotatable bonds is 2. The average Bonchev–Trinajstić information content (AvgIpc) is 2.15. The van der Waals surface area contributed by atoms with E-state index in [-0.39, 0.29) is 12.1 Å². The summed E-state index contributed by atoms with van der Waals surface area (Å²) in [6.07, 6.45) is 0. The zero-order valence-corrected chi connectivity index (χ0v) is 10.7. The molecule has 0 unspecified atom stereocenters. The van der Waals surface area contributed by atoms with Crippen molar-refractivity contribution in [2.45, 2.75) is 19.9 Å². The summed E-state index contributed by atoms with van der Waals surface area (Å²) in [7, 11) is 1.75. The van der Waals surface area contributed by atoms with Gasteiger partial charge in [-0.25, -0.2) is 4.79 Å². The molecule has 0 aliphatic carbocycles. The molecule has 2 amide bonds. The quantitative estimate of drug-likeness (QED) is 0.881. The Labute approximate surface area is 98.6 Å². The van der Waals surface area contributed by atoms with Crippen molar-refractivity contribution in [2.24, 2.45) is 0 Å². The van der Waals surface area contributed by atoms with Gasteiger partial charge in [0.05, 0.1) is 0 Å². The van der Waals surface area contributed by atoms with Gasteiger partial charge in [0.15, 0.2) is 0 Å². The molecule has 0 spiro atoms. The molecule has 0 bridgehead atoms. The second kappa shape index (κ2) is 5.16. The molecule has 82 valence electrons. The fraction of sp³-hybridized carbons (Fsp3) is 0.364. The Balaban J connectivity index is 2.76. The lowest BCUT2D eigenvalue weighted by Crippen LogP contribution is -2.40. The fourth-order valence-electron chi connectivity index (χ4n) is 1.15. The van der Waals surface area contributed by atoms with Crippen LogP contribution < -0.4 is 10.2 Å². The molecule has 15 heavy (non-hydrogen) atoms. The van der Waals surface area contributed by atoms with Gasteiger partial charge in [0.1, 0.15) is 0 Å². The molecular weight excluding hydrogens is 256 g/mol. The summed E-state index contributed by atoms with van der Waals surface area (Å²) in [6, 6.07) is 7.68. The molecule has 0 aliphatic rings. The van der Waals surface area contributed by atoms with Gasteiger partial charge in [0, 0.05) is 23.2 Å². The van der Waals surface area contributed by atoms with Crippen LogP contribution in [0.3, 0.4) is 0 Å². The summed E-state index contributed by atoms with van der Waals surface area (Å²) < 4.78 is 0.962. The Kier molecular flexibility index (Phi) is 4.15. The van der Waals surface area contributed by atoms with Crippen molar-refractivity contribution in [3.8, 4) is 0 Å². The fourth-order valence-corrected chi connectivity index (χ4v) is 1.53. The Hall–Kier alpha value is -1.03. The first-order chi connectivity index (χ1) is 7.00. The number of anilines is 1. The van der Waals surface area contributed by atoms with Crippen molar-refractivity contribution in [3.05, 3.63) is 28.7 Å². The highest BCUT2D eigenvalue weighted by Crippen LogP contribution is 2.18. The van der Waals surface area contributed by atoms with Gasteiger partial charge in [0.25, 0.3) is 0 Å². The van der Waals surface area contributed by atoms with Crippen molar-refractivity contribution in [2.75, 3.05) is 11.9 Å². The van der Waals surface area contributed by atoms with Crippen molar-refractivity contribution < 1.29 is 4.79 Å². The molecule has 1 aromatic rings. The van der Waals surface area contributed by atoms with Gasteiger partial charge in [-0.15, -0.1) is 0 Å². The molecule has 0 saturated carbocycles. The summed E-state index contributed by atoms with van der Waals surface area (Å²) in [5.74, 6) is 0. The number of hydrogen-bond acceptors (Lipinski definition) is 1. The van der Waals surface area contributed by atoms with E-state index in [0.29, 0.717) is 0 Å². The van der Waals surface area contributed by atoms with Gasteiger partial charge in [-0.1, -0.05) is 22.0 Å². The number of hydrogen-bond donors (Lipinski definition) is 1. The maximum Gasteiger partial charge on any atom is 0.321 e. The molecule has 1 aromatic carbocycles. The van der Waals surface area contributed by atoms with Crippen LogP contribution >= 0.6 is 15.9 Å². The van der Waals surface area contributed by atoms with E-state index >= 15 is 0 Å². The molecule has 0 aliphatic heterocycles. The van der Waals surface area contributed by atoms with Gasteiger partial charge in [-0.3, -0.25) is 4.90 Å². The standard InChI is InChI=1S/C11H15BrN2O/c1-8(2)13-11(15)14(3)10-6-4-5-9(12)7-10/h4-8H,1-3H3,(H,13,15). The molecule has 0 fully saturated rings. The van der Waals surface area contributed by atoms with E-state index in [1.54, 1.807) is 11.9 Å². The normalized spacial score (nSPS) is 10.2. The largest absolute Gasteiger partial charge is 0.336 e. The molecule has 1 rings (SSSR count). The SMILES string of the molecule is CC(C)NC(=O)N(C)c1cccc(Br)c1. The van der Waals surface area contributed by atoms with E-state index in [9.17, 15) is 4.79 Å². The lowest BCUT2D eigenvalue weighted by Gasteiger charge is -2.19. The molecule has 1 N–H and O–H groups in total. The lowest BCUT2D eigenvalue weighted by molar-refractivity contribution is 0.245. The third-order valence-corrected chi connectivity index (χ3v) is 2.41. The molecule has 4 heteroatoms. The summed E-state index contributed by atoms with van der Waals surface area (Å²) in [5.41, 5.74) is 0.863. The van der Waals surface area contributed by atoms with E-state index in [1.165, 1.54) is 0 Å². The predicted octanol–water partition coefficient (Wildman–Crippen LogP) is 3.00. The first kappa shape index (κ1) is 12.0. The zero-order valence-electron chi connectivity index (χ0n) is 9.12. The highest BCUT2D eigenvalue weighted by Gasteiger charge is 2.11. The van der Waals surface area contributed by atoms with E-state index in [0.717, 1.165) is 10.2 Å². The van der Waals surface area contributed by atoms with Gasteiger partial charge in [-0.2, -0.15) is 0 Å². The lowest BCUT2D eigenvalue weighted by atomic mass is 10.3. The Morgan fingerprint density at radius 3 is 2.67 bits per heavy atom. The van der Waals surface area contributed by atoms with E-state index in [4.69, 9.17) is 0 Å². The number of nitrogens with zero attached hydrogens (tertiary/aromatic N) is 1. The highest BCUT2D eigenvalue weighted by molar-refractivity contribution is 9.10. The Bertz CT molecular complexity index is 352. The molecule has 3 nitrogen and oxygen atoms in total. The minimum atomic E-state index is -0.0944. The van der Waals surface area contributed by atoms with Crippen LogP contribution in [0.1, 0.15) is 13.8 Å². The van der Waals surface area contributed by atoms with Gasteiger partial charge < -0.3 is 5.32 Å². The first-order valence-corrected chi connectivity index (χ1v) is 5.60. The number of nitrogens with one attached hydrogen (secondary N) is 1. The predicted molar refractivity (Wildman–Crippen MR) is 66.2 cm³/mol.